The Bertz CT molecular complexity index is 715. The second kappa shape index (κ2) is 6.95. The lowest BCUT2D eigenvalue weighted by Crippen LogP contribution is -2.21. The normalized spacial score (nSPS) is 10.1. The number of aryl methyl sites for hydroxylation is 1. The van der Waals surface area contributed by atoms with Gasteiger partial charge in [-0.15, -0.1) is 0 Å². The molecular weight excluding hydrogens is 306 g/mol. The Morgan fingerprint density at radius 1 is 1.23 bits per heavy atom. The lowest BCUT2D eigenvalue weighted by molar-refractivity contribution is -0.118. The van der Waals surface area contributed by atoms with Crippen molar-refractivity contribution in [3.8, 4) is 5.75 Å². The van der Waals surface area contributed by atoms with Gasteiger partial charge in [-0.05, 0) is 36.8 Å². The number of hydrogen-bond donors (Lipinski definition) is 2. The number of benzene rings is 2. The van der Waals surface area contributed by atoms with Gasteiger partial charge in [-0.3, -0.25) is 4.79 Å². The Morgan fingerprint density at radius 3 is 2.68 bits per heavy atom. The molecule has 6 heteroatoms. The van der Waals surface area contributed by atoms with Crippen molar-refractivity contribution in [1.29, 1.82) is 0 Å². The first-order chi connectivity index (χ1) is 10.5. The molecule has 0 saturated carbocycles. The van der Waals surface area contributed by atoms with Crippen molar-refractivity contribution < 1.29 is 19.4 Å². The molecule has 2 aromatic rings. The van der Waals surface area contributed by atoms with Gasteiger partial charge < -0.3 is 15.2 Å². The van der Waals surface area contributed by atoms with Crippen molar-refractivity contribution in [2.45, 2.75) is 6.92 Å². The van der Waals surface area contributed by atoms with Crippen LogP contribution in [0, 0.1) is 6.92 Å². The van der Waals surface area contributed by atoms with E-state index in [0.717, 1.165) is 5.56 Å². The number of para-hydroxylation sites is 1. The number of rotatable bonds is 5. The van der Waals surface area contributed by atoms with Crippen molar-refractivity contribution >= 4 is 29.2 Å². The zero-order chi connectivity index (χ0) is 16.1. The highest BCUT2D eigenvalue weighted by molar-refractivity contribution is 6.30. The molecule has 22 heavy (non-hydrogen) atoms. The van der Waals surface area contributed by atoms with E-state index in [2.05, 4.69) is 5.32 Å². The van der Waals surface area contributed by atoms with Gasteiger partial charge in [-0.2, -0.15) is 0 Å². The maximum atomic E-state index is 11.9. The average molecular weight is 320 g/mol. The minimum atomic E-state index is -1.11. The van der Waals surface area contributed by atoms with Gasteiger partial charge in [-0.25, -0.2) is 4.79 Å². The number of carbonyl (C=O) groups is 2. The minimum Gasteiger partial charge on any atom is -0.483 e. The number of nitrogens with one attached hydrogen (secondary N) is 1. The number of ether oxygens (including phenoxy) is 1. The first-order valence-corrected chi connectivity index (χ1v) is 6.86. The predicted molar refractivity (Wildman–Crippen MR) is 83.7 cm³/mol. The molecule has 2 rings (SSSR count). The maximum absolute atomic E-state index is 11.9. The van der Waals surface area contributed by atoms with Crippen LogP contribution in [-0.2, 0) is 4.79 Å². The van der Waals surface area contributed by atoms with Crippen LogP contribution in [0.5, 0.6) is 5.75 Å². The van der Waals surface area contributed by atoms with Gasteiger partial charge in [0.2, 0.25) is 0 Å². The van der Waals surface area contributed by atoms with Crippen molar-refractivity contribution in [2.24, 2.45) is 0 Å². The molecule has 0 aromatic heterocycles. The Kier molecular flexibility index (Phi) is 5.01. The monoisotopic (exact) mass is 319 g/mol. The molecule has 0 saturated heterocycles. The molecule has 0 aliphatic heterocycles. The third-order valence-electron chi connectivity index (χ3n) is 2.94. The summed E-state index contributed by atoms with van der Waals surface area (Å²) in [6.45, 7) is 1.60. The minimum absolute atomic E-state index is 0.0230. The first kappa shape index (κ1) is 15.9. The van der Waals surface area contributed by atoms with E-state index in [1.807, 2.05) is 6.92 Å². The SMILES string of the molecule is Cc1ccc(Cl)cc1OCC(=O)Nc1ccccc1C(=O)O. The number of carboxylic acid groups (broad SMARTS) is 1. The van der Waals surface area contributed by atoms with Crippen LogP contribution in [0.15, 0.2) is 42.5 Å². The summed E-state index contributed by atoms with van der Waals surface area (Å²) in [5.74, 6) is -1.05. The molecule has 2 aromatic carbocycles. The number of halogens is 1. The molecule has 114 valence electrons. The number of amides is 1. The number of carboxylic acids is 1. The summed E-state index contributed by atoms with van der Waals surface area (Å²) in [5, 5.41) is 12.1. The van der Waals surface area contributed by atoms with E-state index in [0.29, 0.717) is 10.8 Å². The molecule has 0 radical (unpaired) electrons. The first-order valence-electron chi connectivity index (χ1n) is 6.48. The van der Waals surface area contributed by atoms with E-state index in [1.54, 1.807) is 30.3 Å². The van der Waals surface area contributed by atoms with Crippen LogP contribution < -0.4 is 10.1 Å². The predicted octanol–water partition coefficient (Wildman–Crippen LogP) is 3.36. The third-order valence-corrected chi connectivity index (χ3v) is 3.18. The van der Waals surface area contributed by atoms with Crippen molar-refractivity contribution in [3.05, 3.63) is 58.6 Å². The lowest BCUT2D eigenvalue weighted by Gasteiger charge is -2.11. The second-order valence-electron chi connectivity index (χ2n) is 4.60. The Morgan fingerprint density at radius 2 is 1.95 bits per heavy atom. The molecule has 0 heterocycles. The van der Waals surface area contributed by atoms with Crippen molar-refractivity contribution in [3.63, 3.8) is 0 Å². The van der Waals surface area contributed by atoms with Gasteiger partial charge in [0.15, 0.2) is 6.61 Å². The Balaban J connectivity index is 2.02. The largest absolute Gasteiger partial charge is 0.483 e. The van der Waals surface area contributed by atoms with Gasteiger partial charge in [0, 0.05) is 5.02 Å². The molecule has 0 bridgehead atoms. The van der Waals surface area contributed by atoms with E-state index in [9.17, 15) is 9.59 Å². The van der Waals surface area contributed by atoms with Gasteiger partial charge in [-0.1, -0.05) is 29.8 Å². The highest BCUT2D eigenvalue weighted by Gasteiger charge is 2.12. The molecule has 0 unspecified atom stereocenters. The van der Waals surface area contributed by atoms with Crippen LogP contribution in [0.1, 0.15) is 15.9 Å². The number of carbonyl (C=O) groups excluding carboxylic acids is 1. The number of hydrogen-bond acceptors (Lipinski definition) is 3. The van der Waals surface area contributed by atoms with Gasteiger partial charge >= 0.3 is 5.97 Å². The molecule has 5 nitrogen and oxygen atoms in total. The molecule has 2 N–H and O–H groups in total. The number of anilines is 1. The summed E-state index contributed by atoms with van der Waals surface area (Å²) >= 11 is 5.87. The summed E-state index contributed by atoms with van der Waals surface area (Å²) in [6.07, 6.45) is 0. The van der Waals surface area contributed by atoms with Crippen LogP contribution >= 0.6 is 11.6 Å². The van der Waals surface area contributed by atoms with Crippen molar-refractivity contribution in [2.75, 3.05) is 11.9 Å². The molecule has 0 aliphatic carbocycles. The van der Waals surface area contributed by atoms with E-state index < -0.39 is 11.9 Å². The van der Waals surface area contributed by atoms with Crippen LogP contribution in [0.3, 0.4) is 0 Å². The summed E-state index contributed by atoms with van der Waals surface area (Å²) in [6, 6.07) is 11.3. The molecule has 0 atom stereocenters. The summed E-state index contributed by atoms with van der Waals surface area (Å²) in [7, 11) is 0. The van der Waals surface area contributed by atoms with Crippen LogP contribution in [0.4, 0.5) is 5.69 Å². The highest BCUT2D eigenvalue weighted by Crippen LogP contribution is 2.22. The lowest BCUT2D eigenvalue weighted by atomic mass is 10.2. The number of aromatic carboxylic acids is 1. The quantitative estimate of drug-likeness (QED) is 0.886. The molecular formula is C16H14ClNO4. The van der Waals surface area contributed by atoms with E-state index >= 15 is 0 Å². The second-order valence-corrected chi connectivity index (χ2v) is 5.03. The smallest absolute Gasteiger partial charge is 0.337 e. The molecule has 0 spiro atoms. The fourth-order valence-corrected chi connectivity index (χ4v) is 2.00. The van der Waals surface area contributed by atoms with Crippen LogP contribution in [-0.4, -0.2) is 23.6 Å². The third kappa shape index (κ3) is 3.99. The highest BCUT2D eigenvalue weighted by atomic mass is 35.5. The average Bonchev–Trinajstić information content (AvgIpc) is 2.48. The van der Waals surface area contributed by atoms with Crippen LogP contribution in [0.25, 0.3) is 0 Å². The van der Waals surface area contributed by atoms with Crippen LogP contribution in [0.2, 0.25) is 5.02 Å². The Labute approximate surface area is 132 Å². The van der Waals surface area contributed by atoms with E-state index in [4.69, 9.17) is 21.4 Å². The fourth-order valence-electron chi connectivity index (χ4n) is 1.84. The zero-order valence-electron chi connectivity index (χ0n) is 11.8. The topological polar surface area (TPSA) is 75.6 Å². The van der Waals surface area contributed by atoms with E-state index in [1.165, 1.54) is 12.1 Å². The zero-order valence-corrected chi connectivity index (χ0v) is 12.6. The van der Waals surface area contributed by atoms with Gasteiger partial charge in [0.05, 0.1) is 11.3 Å². The van der Waals surface area contributed by atoms with E-state index in [-0.39, 0.29) is 17.9 Å². The maximum Gasteiger partial charge on any atom is 0.337 e. The van der Waals surface area contributed by atoms with Gasteiger partial charge in [0.25, 0.3) is 5.91 Å². The van der Waals surface area contributed by atoms with Crippen molar-refractivity contribution in [1.82, 2.24) is 0 Å². The molecule has 0 aliphatic rings. The fraction of sp³-hybridized carbons (Fsp3) is 0.125. The Hall–Kier alpha value is -2.53. The summed E-state index contributed by atoms with van der Waals surface area (Å²) < 4.78 is 5.41. The summed E-state index contributed by atoms with van der Waals surface area (Å²) in [4.78, 5) is 23.0. The molecule has 0 fully saturated rings. The molecule has 1 amide bonds. The standard InChI is InChI=1S/C16H14ClNO4/c1-10-6-7-11(17)8-14(10)22-9-15(19)18-13-5-3-2-4-12(13)16(20)21/h2-8H,9H2,1H3,(H,18,19)(H,20,21). The summed E-state index contributed by atoms with van der Waals surface area (Å²) in [5.41, 5.74) is 1.10. The van der Waals surface area contributed by atoms with Gasteiger partial charge in [0.1, 0.15) is 5.75 Å².